The van der Waals surface area contributed by atoms with Crippen LogP contribution in [-0.4, -0.2) is 9.36 Å². The second kappa shape index (κ2) is 3.92. The van der Waals surface area contributed by atoms with Crippen LogP contribution in [0, 0.1) is 11.2 Å². The molecule has 1 fully saturated rings. The lowest BCUT2D eigenvalue weighted by Gasteiger charge is -2.36. The van der Waals surface area contributed by atoms with E-state index < -0.39 is 0 Å². The minimum atomic E-state index is -0.361. The maximum Gasteiger partial charge on any atom is 0.275 e. The third kappa shape index (κ3) is 1.30. The van der Waals surface area contributed by atoms with Gasteiger partial charge in [0.1, 0.15) is 11.5 Å². The molecule has 3 nitrogen and oxygen atoms in total. The zero-order valence-electron chi connectivity index (χ0n) is 13.5. The van der Waals surface area contributed by atoms with E-state index in [2.05, 4.69) is 20.8 Å². The highest BCUT2D eigenvalue weighted by molar-refractivity contribution is 5.47. The fourth-order valence-corrected chi connectivity index (χ4v) is 4.92. The molecule has 4 rings (SSSR count). The normalized spacial score (nSPS) is 28.1. The van der Waals surface area contributed by atoms with Crippen LogP contribution in [0.3, 0.4) is 0 Å². The number of aromatic nitrogens is 2. The Morgan fingerprint density at radius 2 is 1.91 bits per heavy atom. The maximum absolute atomic E-state index is 14.2. The van der Waals surface area contributed by atoms with Crippen LogP contribution in [0.2, 0.25) is 0 Å². The standard InChI is InChI=1S/C18H21FN2O/c1-17(2)11-9-10-18(17,3)15-14(11)16(22)21(20(15)4)13-8-6-5-7-12(13)19/h5-8,11H,9-10H2,1-4H3. The molecule has 0 N–H and O–H groups in total. The van der Waals surface area contributed by atoms with Crippen LogP contribution < -0.4 is 5.56 Å². The first kappa shape index (κ1) is 13.8. The molecule has 1 saturated carbocycles. The summed E-state index contributed by atoms with van der Waals surface area (Å²) in [5.74, 6) is -0.0835. The molecule has 2 bridgehead atoms. The second-order valence-corrected chi connectivity index (χ2v) is 7.50. The Morgan fingerprint density at radius 1 is 1.23 bits per heavy atom. The van der Waals surface area contributed by atoms with Gasteiger partial charge in [-0.1, -0.05) is 32.9 Å². The van der Waals surface area contributed by atoms with Crippen molar-refractivity contribution in [3.63, 3.8) is 0 Å². The first-order chi connectivity index (χ1) is 10.3. The van der Waals surface area contributed by atoms with Gasteiger partial charge < -0.3 is 0 Å². The predicted molar refractivity (Wildman–Crippen MR) is 84.1 cm³/mol. The van der Waals surface area contributed by atoms with E-state index in [-0.39, 0.29) is 28.1 Å². The van der Waals surface area contributed by atoms with Crippen molar-refractivity contribution in [1.29, 1.82) is 0 Å². The number of rotatable bonds is 1. The summed E-state index contributed by atoms with van der Waals surface area (Å²) in [6.07, 6.45) is 2.14. The van der Waals surface area contributed by atoms with Crippen molar-refractivity contribution in [2.45, 2.75) is 44.9 Å². The number of benzene rings is 1. The number of fused-ring (bicyclic) bond motifs is 5. The van der Waals surface area contributed by atoms with Gasteiger partial charge in [0.15, 0.2) is 0 Å². The van der Waals surface area contributed by atoms with Gasteiger partial charge in [-0.05, 0) is 36.3 Å². The van der Waals surface area contributed by atoms with Crippen molar-refractivity contribution in [1.82, 2.24) is 9.36 Å². The first-order valence-corrected chi connectivity index (χ1v) is 7.88. The van der Waals surface area contributed by atoms with Crippen molar-refractivity contribution >= 4 is 0 Å². The summed E-state index contributed by atoms with van der Waals surface area (Å²) in [6.45, 7) is 6.78. The number of nitrogens with zero attached hydrogens (tertiary/aromatic N) is 2. The molecule has 0 amide bonds. The molecule has 22 heavy (non-hydrogen) atoms. The van der Waals surface area contributed by atoms with Crippen molar-refractivity contribution in [2.24, 2.45) is 12.5 Å². The summed E-state index contributed by atoms with van der Waals surface area (Å²) in [5.41, 5.74) is 2.36. The molecule has 4 heteroatoms. The fourth-order valence-electron chi connectivity index (χ4n) is 4.92. The Balaban J connectivity index is 2.05. The predicted octanol–water partition coefficient (Wildman–Crippen LogP) is 3.49. The summed E-state index contributed by atoms with van der Waals surface area (Å²) in [6, 6.07) is 6.49. The monoisotopic (exact) mass is 300 g/mol. The van der Waals surface area contributed by atoms with E-state index in [1.165, 1.54) is 10.7 Å². The third-order valence-electron chi connectivity index (χ3n) is 6.48. The number of para-hydroxylation sites is 1. The number of hydrogen-bond donors (Lipinski definition) is 0. The van der Waals surface area contributed by atoms with Gasteiger partial charge in [-0.15, -0.1) is 0 Å². The van der Waals surface area contributed by atoms with Crippen molar-refractivity contribution < 1.29 is 4.39 Å². The zero-order valence-corrected chi connectivity index (χ0v) is 13.5. The van der Waals surface area contributed by atoms with Gasteiger partial charge in [0.25, 0.3) is 5.56 Å². The van der Waals surface area contributed by atoms with Crippen LogP contribution in [0.5, 0.6) is 0 Å². The van der Waals surface area contributed by atoms with Crippen LogP contribution in [0.4, 0.5) is 4.39 Å². The Hall–Kier alpha value is -1.84. The van der Waals surface area contributed by atoms with E-state index in [0.29, 0.717) is 5.69 Å². The highest BCUT2D eigenvalue weighted by Gasteiger charge is 2.62. The zero-order chi connectivity index (χ0) is 15.9. The van der Waals surface area contributed by atoms with Crippen LogP contribution >= 0.6 is 0 Å². The van der Waals surface area contributed by atoms with E-state index in [1.54, 1.807) is 18.2 Å². The molecule has 2 aliphatic carbocycles. The van der Waals surface area contributed by atoms with Crippen LogP contribution in [0.1, 0.15) is 50.8 Å². The lowest BCUT2D eigenvalue weighted by molar-refractivity contribution is 0.217. The Kier molecular flexibility index (Phi) is 2.46. The Bertz CT molecular complexity index is 845. The SMILES string of the molecule is Cn1c2c(c(=O)n1-c1ccccc1F)C1CCC2(C)C1(C)C. The van der Waals surface area contributed by atoms with Crippen molar-refractivity contribution in [3.8, 4) is 5.69 Å². The molecular weight excluding hydrogens is 279 g/mol. The lowest BCUT2D eigenvalue weighted by atomic mass is 9.70. The van der Waals surface area contributed by atoms with Gasteiger partial charge in [-0.25, -0.2) is 9.07 Å². The van der Waals surface area contributed by atoms with Crippen LogP contribution in [-0.2, 0) is 12.5 Å². The van der Waals surface area contributed by atoms with Gasteiger partial charge >= 0.3 is 0 Å². The molecule has 1 aromatic heterocycles. The van der Waals surface area contributed by atoms with Gasteiger partial charge in [0.05, 0.1) is 5.69 Å². The highest BCUT2D eigenvalue weighted by atomic mass is 19.1. The molecule has 2 aromatic rings. The molecule has 0 aliphatic heterocycles. The van der Waals surface area contributed by atoms with Crippen molar-refractivity contribution in [3.05, 3.63) is 51.7 Å². The summed E-state index contributed by atoms with van der Waals surface area (Å²) < 4.78 is 17.6. The molecule has 1 heterocycles. The first-order valence-electron chi connectivity index (χ1n) is 7.88. The molecule has 0 radical (unpaired) electrons. The minimum Gasteiger partial charge on any atom is -0.284 e. The molecule has 0 spiro atoms. The van der Waals surface area contributed by atoms with Gasteiger partial charge in [-0.2, -0.15) is 0 Å². The number of hydrogen-bond acceptors (Lipinski definition) is 1. The molecule has 2 unspecified atom stereocenters. The molecule has 0 saturated heterocycles. The molecular formula is C18H21FN2O. The average molecular weight is 300 g/mol. The summed E-state index contributed by atoms with van der Waals surface area (Å²) >= 11 is 0. The maximum atomic E-state index is 14.2. The third-order valence-corrected chi connectivity index (χ3v) is 6.48. The smallest absolute Gasteiger partial charge is 0.275 e. The van der Waals surface area contributed by atoms with E-state index in [4.69, 9.17) is 0 Å². The number of halogens is 1. The fraction of sp³-hybridized carbons (Fsp3) is 0.500. The molecule has 2 aliphatic rings. The van der Waals surface area contributed by atoms with Gasteiger partial charge in [0.2, 0.25) is 0 Å². The second-order valence-electron chi connectivity index (χ2n) is 7.50. The highest BCUT2D eigenvalue weighted by Crippen LogP contribution is 2.66. The van der Waals surface area contributed by atoms with E-state index >= 15 is 0 Å². The molecule has 116 valence electrons. The van der Waals surface area contributed by atoms with Gasteiger partial charge in [0, 0.05) is 18.0 Å². The Labute approximate surface area is 129 Å². The quantitative estimate of drug-likeness (QED) is 0.792. The molecule has 1 aromatic carbocycles. The van der Waals surface area contributed by atoms with Crippen LogP contribution in [0.15, 0.2) is 29.1 Å². The lowest BCUT2D eigenvalue weighted by Crippen LogP contribution is -2.35. The van der Waals surface area contributed by atoms with E-state index in [9.17, 15) is 9.18 Å². The average Bonchev–Trinajstić information content (AvgIpc) is 2.92. The summed E-state index contributed by atoms with van der Waals surface area (Å²) in [4.78, 5) is 13.0. The van der Waals surface area contributed by atoms with Gasteiger partial charge in [-0.3, -0.25) is 9.48 Å². The van der Waals surface area contributed by atoms with E-state index in [1.807, 2.05) is 11.7 Å². The molecule has 2 atom stereocenters. The van der Waals surface area contributed by atoms with Crippen LogP contribution in [0.25, 0.3) is 5.69 Å². The minimum absolute atomic E-state index is 0.0165. The summed E-state index contributed by atoms with van der Waals surface area (Å²) in [7, 11) is 1.88. The van der Waals surface area contributed by atoms with E-state index in [0.717, 1.165) is 24.1 Å². The summed E-state index contributed by atoms with van der Waals surface area (Å²) in [5, 5.41) is 0. The Morgan fingerprint density at radius 3 is 2.55 bits per heavy atom. The topological polar surface area (TPSA) is 26.9 Å². The largest absolute Gasteiger partial charge is 0.284 e. The van der Waals surface area contributed by atoms with Crippen molar-refractivity contribution in [2.75, 3.05) is 0 Å².